The second-order valence-electron chi connectivity index (χ2n) is 4.79. The summed E-state index contributed by atoms with van der Waals surface area (Å²) in [6, 6.07) is 10.2. The van der Waals surface area contributed by atoms with Gasteiger partial charge in [-0.2, -0.15) is 0 Å². The van der Waals surface area contributed by atoms with E-state index in [0.717, 1.165) is 11.3 Å². The SMILES string of the molecule is O=C(Nc1nnc(-c2ccc(Cl)cc2Cl)s1)c1ccc([N+](=O)[O-])cc1. The number of nitro groups is 1. The number of halogens is 2. The lowest BCUT2D eigenvalue weighted by molar-refractivity contribution is -0.384. The van der Waals surface area contributed by atoms with Crippen LogP contribution in [0.3, 0.4) is 0 Å². The minimum absolute atomic E-state index is 0.0906. The van der Waals surface area contributed by atoms with Crippen molar-refractivity contribution in [3.8, 4) is 10.6 Å². The number of carbonyl (C=O) groups is 1. The number of benzene rings is 2. The van der Waals surface area contributed by atoms with E-state index in [-0.39, 0.29) is 16.4 Å². The molecule has 1 N–H and O–H groups in total. The maximum Gasteiger partial charge on any atom is 0.269 e. The van der Waals surface area contributed by atoms with Crippen LogP contribution in [0.25, 0.3) is 10.6 Å². The van der Waals surface area contributed by atoms with E-state index in [9.17, 15) is 14.9 Å². The molecule has 0 saturated carbocycles. The fourth-order valence-corrected chi connectivity index (χ4v) is 3.28. The largest absolute Gasteiger partial charge is 0.296 e. The van der Waals surface area contributed by atoms with Crippen molar-refractivity contribution in [1.29, 1.82) is 0 Å². The van der Waals surface area contributed by atoms with Crippen molar-refractivity contribution in [2.45, 2.75) is 0 Å². The number of rotatable bonds is 4. The average Bonchev–Trinajstić information content (AvgIpc) is 3.03. The van der Waals surface area contributed by atoms with Gasteiger partial charge in [0.25, 0.3) is 11.6 Å². The molecule has 0 aliphatic carbocycles. The van der Waals surface area contributed by atoms with Crippen LogP contribution in [-0.2, 0) is 0 Å². The molecule has 1 aromatic heterocycles. The lowest BCUT2D eigenvalue weighted by Gasteiger charge is -2.01. The van der Waals surface area contributed by atoms with Gasteiger partial charge in [-0.3, -0.25) is 20.2 Å². The third kappa shape index (κ3) is 3.93. The highest BCUT2D eigenvalue weighted by atomic mass is 35.5. The van der Waals surface area contributed by atoms with E-state index in [2.05, 4.69) is 15.5 Å². The van der Waals surface area contributed by atoms with Gasteiger partial charge in [-0.15, -0.1) is 10.2 Å². The second kappa shape index (κ2) is 7.14. The molecular weight excluding hydrogens is 387 g/mol. The van der Waals surface area contributed by atoms with Gasteiger partial charge in [-0.05, 0) is 30.3 Å². The summed E-state index contributed by atoms with van der Waals surface area (Å²) in [7, 11) is 0. The van der Waals surface area contributed by atoms with Gasteiger partial charge in [0.15, 0.2) is 5.01 Å². The quantitative estimate of drug-likeness (QED) is 0.511. The van der Waals surface area contributed by atoms with Crippen LogP contribution in [0, 0.1) is 10.1 Å². The van der Waals surface area contributed by atoms with Gasteiger partial charge in [0.05, 0.1) is 9.95 Å². The minimum atomic E-state index is -0.533. The van der Waals surface area contributed by atoms with Crippen LogP contribution in [0.5, 0.6) is 0 Å². The third-order valence-corrected chi connectivity index (χ3v) is 4.57. The zero-order chi connectivity index (χ0) is 18.0. The summed E-state index contributed by atoms with van der Waals surface area (Å²) in [5, 5.41) is 22.9. The van der Waals surface area contributed by atoms with Crippen LogP contribution in [0.4, 0.5) is 10.8 Å². The number of hydrogen-bond acceptors (Lipinski definition) is 6. The third-order valence-electron chi connectivity index (χ3n) is 3.15. The van der Waals surface area contributed by atoms with Crippen LogP contribution in [0.2, 0.25) is 10.0 Å². The summed E-state index contributed by atoms with van der Waals surface area (Å²) >= 11 is 13.1. The highest BCUT2D eigenvalue weighted by Crippen LogP contribution is 2.33. The smallest absolute Gasteiger partial charge is 0.269 e. The molecule has 0 unspecified atom stereocenters. The van der Waals surface area contributed by atoms with E-state index < -0.39 is 10.8 Å². The molecule has 0 spiro atoms. The van der Waals surface area contributed by atoms with E-state index >= 15 is 0 Å². The van der Waals surface area contributed by atoms with Crippen LogP contribution < -0.4 is 5.32 Å². The Bertz CT molecular complexity index is 960. The normalized spacial score (nSPS) is 10.5. The lowest BCUT2D eigenvalue weighted by Crippen LogP contribution is -2.11. The molecule has 1 heterocycles. The minimum Gasteiger partial charge on any atom is -0.296 e. The fourth-order valence-electron chi connectivity index (χ4n) is 1.95. The summed E-state index contributed by atoms with van der Waals surface area (Å²) in [4.78, 5) is 22.3. The van der Waals surface area contributed by atoms with E-state index in [4.69, 9.17) is 23.2 Å². The molecular formula is C15H8Cl2N4O3S. The van der Waals surface area contributed by atoms with Crippen LogP contribution >= 0.6 is 34.5 Å². The number of non-ortho nitro benzene ring substituents is 1. The van der Waals surface area contributed by atoms with Crippen molar-refractivity contribution in [3.05, 3.63) is 68.2 Å². The molecule has 25 heavy (non-hydrogen) atoms. The standard InChI is InChI=1S/C15H8Cl2N4O3S/c16-9-3-6-11(12(17)7-9)14-19-20-15(25-14)18-13(22)8-1-4-10(5-2-8)21(23)24/h1-7H,(H,18,20,22). The molecule has 2 aromatic carbocycles. The molecule has 0 aliphatic rings. The second-order valence-corrected chi connectivity index (χ2v) is 6.62. The molecule has 0 fully saturated rings. The molecule has 126 valence electrons. The van der Waals surface area contributed by atoms with Gasteiger partial charge in [-0.25, -0.2) is 0 Å². The van der Waals surface area contributed by atoms with Crippen LogP contribution in [0.1, 0.15) is 10.4 Å². The molecule has 0 aliphatic heterocycles. The first kappa shape index (κ1) is 17.3. The molecule has 0 atom stereocenters. The predicted molar refractivity (Wildman–Crippen MR) is 96.4 cm³/mol. The number of nitro benzene ring substituents is 1. The van der Waals surface area contributed by atoms with Gasteiger partial charge in [0.1, 0.15) is 0 Å². The first-order valence-corrected chi connectivity index (χ1v) is 8.36. The summed E-state index contributed by atoms with van der Waals surface area (Å²) in [6.07, 6.45) is 0. The van der Waals surface area contributed by atoms with Gasteiger partial charge >= 0.3 is 0 Å². The zero-order valence-corrected chi connectivity index (χ0v) is 14.6. The van der Waals surface area contributed by atoms with E-state index in [0.29, 0.717) is 20.6 Å². The number of anilines is 1. The monoisotopic (exact) mass is 394 g/mol. The van der Waals surface area contributed by atoms with Gasteiger partial charge in [0, 0.05) is 28.3 Å². The first-order chi connectivity index (χ1) is 11.9. The summed E-state index contributed by atoms with van der Waals surface area (Å²) < 4.78 is 0. The molecule has 3 aromatic rings. The Balaban J connectivity index is 1.76. The molecule has 10 heteroatoms. The van der Waals surface area contributed by atoms with E-state index in [1.54, 1.807) is 18.2 Å². The van der Waals surface area contributed by atoms with Crippen LogP contribution in [-0.4, -0.2) is 21.0 Å². The Morgan fingerprint density at radius 3 is 2.48 bits per heavy atom. The Morgan fingerprint density at radius 1 is 1.12 bits per heavy atom. The summed E-state index contributed by atoms with van der Waals surface area (Å²) in [5.41, 5.74) is 0.832. The molecule has 0 saturated heterocycles. The molecule has 1 amide bonds. The fraction of sp³-hybridized carbons (Fsp3) is 0. The van der Waals surface area contributed by atoms with Gasteiger partial charge in [-0.1, -0.05) is 34.5 Å². The lowest BCUT2D eigenvalue weighted by atomic mass is 10.2. The van der Waals surface area contributed by atoms with Gasteiger partial charge in [0.2, 0.25) is 5.13 Å². The van der Waals surface area contributed by atoms with Crippen molar-refractivity contribution in [1.82, 2.24) is 10.2 Å². The number of carbonyl (C=O) groups excluding carboxylic acids is 1. The van der Waals surface area contributed by atoms with Crippen molar-refractivity contribution in [3.63, 3.8) is 0 Å². The maximum atomic E-state index is 12.2. The van der Waals surface area contributed by atoms with E-state index in [1.807, 2.05) is 0 Å². The first-order valence-electron chi connectivity index (χ1n) is 6.79. The van der Waals surface area contributed by atoms with E-state index in [1.165, 1.54) is 24.3 Å². The maximum absolute atomic E-state index is 12.2. The van der Waals surface area contributed by atoms with Gasteiger partial charge < -0.3 is 0 Å². The average molecular weight is 395 g/mol. The molecule has 0 radical (unpaired) electrons. The number of nitrogens with one attached hydrogen (secondary N) is 1. The molecule has 3 rings (SSSR count). The Kier molecular flexibility index (Phi) is 4.93. The summed E-state index contributed by atoms with van der Waals surface area (Å²) in [6.45, 7) is 0. The van der Waals surface area contributed by atoms with Crippen LogP contribution in [0.15, 0.2) is 42.5 Å². The highest BCUT2D eigenvalue weighted by Gasteiger charge is 2.14. The number of nitrogens with zero attached hydrogens (tertiary/aromatic N) is 3. The Labute approximate surface area is 155 Å². The molecule has 7 nitrogen and oxygen atoms in total. The number of amides is 1. The number of aromatic nitrogens is 2. The zero-order valence-electron chi connectivity index (χ0n) is 12.3. The Morgan fingerprint density at radius 2 is 1.84 bits per heavy atom. The topological polar surface area (TPSA) is 98.0 Å². The summed E-state index contributed by atoms with van der Waals surface area (Å²) in [5.74, 6) is -0.445. The molecule has 0 bridgehead atoms. The van der Waals surface area contributed by atoms with Crippen molar-refractivity contribution >= 4 is 51.3 Å². The van der Waals surface area contributed by atoms with Crippen molar-refractivity contribution in [2.75, 3.05) is 5.32 Å². The van der Waals surface area contributed by atoms with Crippen molar-refractivity contribution < 1.29 is 9.72 Å². The number of hydrogen-bond donors (Lipinski definition) is 1. The predicted octanol–water partition coefficient (Wildman–Crippen LogP) is 4.67. The van der Waals surface area contributed by atoms with Crippen molar-refractivity contribution in [2.24, 2.45) is 0 Å². The Hall–Kier alpha value is -2.55. The highest BCUT2D eigenvalue weighted by molar-refractivity contribution is 7.18.